The van der Waals surface area contributed by atoms with Gasteiger partial charge in [0.1, 0.15) is 5.75 Å². The van der Waals surface area contributed by atoms with Crippen LogP contribution in [0.2, 0.25) is 0 Å². The quantitative estimate of drug-likeness (QED) is 0.873. The van der Waals surface area contributed by atoms with Crippen molar-refractivity contribution in [3.63, 3.8) is 0 Å². The van der Waals surface area contributed by atoms with Crippen LogP contribution >= 0.6 is 0 Å². The van der Waals surface area contributed by atoms with Gasteiger partial charge in [-0.05, 0) is 12.3 Å². The lowest BCUT2D eigenvalue weighted by Crippen LogP contribution is -2.22. The molecule has 0 amide bonds. The van der Waals surface area contributed by atoms with Gasteiger partial charge in [-0.2, -0.15) is 0 Å². The molecule has 0 aromatic heterocycles. The Kier molecular flexibility index (Phi) is 3.32. The van der Waals surface area contributed by atoms with Crippen LogP contribution in [-0.2, 0) is 9.53 Å². The Labute approximate surface area is 116 Å². The average Bonchev–Trinajstić information content (AvgIpc) is 2.84. The normalized spacial score (nSPS) is 19.9. The van der Waals surface area contributed by atoms with Crippen LogP contribution in [0.5, 0.6) is 5.75 Å². The summed E-state index contributed by atoms with van der Waals surface area (Å²) in [6.45, 7) is 2.07. The maximum Gasteiger partial charge on any atom is 0.347 e. The summed E-state index contributed by atoms with van der Waals surface area (Å²) >= 11 is 0. The fraction of sp³-hybridized carbons (Fsp3) is 0.312. The van der Waals surface area contributed by atoms with Crippen molar-refractivity contribution in [2.45, 2.75) is 25.6 Å². The molecule has 2 atom stereocenters. The van der Waals surface area contributed by atoms with Crippen molar-refractivity contribution in [3.8, 4) is 5.75 Å². The minimum Gasteiger partial charge on any atom is -0.478 e. The first-order valence-electron chi connectivity index (χ1n) is 6.70. The van der Waals surface area contributed by atoms with E-state index in [0.29, 0.717) is 24.3 Å². The number of carbonyl (C=O) groups excluding carboxylic acids is 1. The molecule has 1 saturated heterocycles. The highest BCUT2D eigenvalue weighted by Gasteiger charge is 2.30. The molecule has 1 heterocycles. The summed E-state index contributed by atoms with van der Waals surface area (Å²) in [5.41, 5.74) is 0.684. The fourth-order valence-electron chi connectivity index (χ4n) is 2.45. The standard InChI is InChI=1S/C16H16O4/c1-10(17)12-7-6-11-4-2-3-5-13(11)15(12)20-14-8-9-19-16(14)18/h2-7,10,14,17H,8-9H2,1H3/t10-,14?/m1/s1. The average molecular weight is 272 g/mol. The zero-order valence-electron chi connectivity index (χ0n) is 11.2. The van der Waals surface area contributed by atoms with Crippen molar-refractivity contribution >= 4 is 16.7 Å². The van der Waals surface area contributed by atoms with E-state index in [0.717, 1.165) is 10.8 Å². The molecule has 2 aromatic rings. The van der Waals surface area contributed by atoms with Gasteiger partial charge in [0.25, 0.3) is 0 Å². The molecule has 0 bridgehead atoms. The third-order valence-corrected chi connectivity index (χ3v) is 3.51. The number of cyclic esters (lactones) is 1. The molecule has 0 saturated carbocycles. The molecule has 104 valence electrons. The smallest absolute Gasteiger partial charge is 0.347 e. The molecular formula is C16H16O4. The molecule has 2 aromatic carbocycles. The number of hydrogen-bond acceptors (Lipinski definition) is 4. The molecule has 1 aliphatic rings. The number of aliphatic hydroxyl groups is 1. The van der Waals surface area contributed by atoms with E-state index in [9.17, 15) is 9.90 Å². The van der Waals surface area contributed by atoms with E-state index < -0.39 is 12.2 Å². The lowest BCUT2D eigenvalue weighted by atomic mass is 10.0. The summed E-state index contributed by atoms with van der Waals surface area (Å²) < 4.78 is 10.8. The van der Waals surface area contributed by atoms with E-state index in [1.807, 2.05) is 36.4 Å². The van der Waals surface area contributed by atoms with Crippen molar-refractivity contribution in [1.29, 1.82) is 0 Å². The Bertz CT molecular complexity index is 648. The van der Waals surface area contributed by atoms with E-state index in [1.165, 1.54) is 0 Å². The maximum absolute atomic E-state index is 11.6. The maximum atomic E-state index is 11.6. The Hall–Kier alpha value is -2.07. The van der Waals surface area contributed by atoms with Crippen LogP contribution in [-0.4, -0.2) is 23.8 Å². The third kappa shape index (κ3) is 2.23. The summed E-state index contributed by atoms with van der Waals surface area (Å²) in [7, 11) is 0. The van der Waals surface area contributed by atoms with Crippen molar-refractivity contribution in [3.05, 3.63) is 42.0 Å². The van der Waals surface area contributed by atoms with E-state index in [2.05, 4.69) is 0 Å². The van der Waals surface area contributed by atoms with Crippen molar-refractivity contribution in [1.82, 2.24) is 0 Å². The fourth-order valence-corrected chi connectivity index (χ4v) is 2.45. The molecule has 0 radical (unpaired) electrons. The zero-order valence-corrected chi connectivity index (χ0v) is 11.2. The number of carbonyl (C=O) groups is 1. The number of fused-ring (bicyclic) bond motifs is 1. The number of rotatable bonds is 3. The van der Waals surface area contributed by atoms with E-state index >= 15 is 0 Å². The summed E-state index contributed by atoms with van der Waals surface area (Å²) in [5.74, 6) is 0.233. The zero-order chi connectivity index (χ0) is 14.1. The van der Waals surface area contributed by atoms with Crippen molar-refractivity contribution in [2.24, 2.45) is 0 Å². The molecule has 4 heteroatoms. The van der Waals surface area contributed by atoms with Crippen LogP contribution < -0.4 is 4.74 Å². The van der Waals surface area contributed by atoms with Gasteiger partial charge in [0.05, 0.1) is 12.7 Å². The van der Waals surface area contributed by atoms with E-state index in [4.69, 9.17) is 9.47 Å². The molecule has 20 heavy (non-hydrogen) atoms. The van der Waals surface area contributed by atoms with Crippen LogP contribution in [0.1, 0.15) is 25.0 Å². The molecule has 0 aliphatic carbocycles. The second-order valence-corrected chi connectivity index (χ2v) is 4.94. The Morgan fingerprint density at radius 1 is 1.30 bits per heavy atom. The molecular weight excluding hydrogens is 256 g/mol. The number of benzene rings is 2. The van der Waals surface area contributed by atoms with Crippen molar-refractivity contribution < 1.29 is 19.4 Å². The van der Waals surface area contributed by atoms with Crippen LogP contribution in [0.3, 0.4) is 0 Å². The Morgan fingerprint density at radius 2 is 2.10 bits per heavy atom. The van der Waals surface area contributed by atoms with E-state index in [-0.39, 0.29) is 5.97 Å². The lowest BCUT2D eigenvalue weighted by molar-refractivity contribution is -0.143. The highest BCUT2D eigenvalue weighted by atomic mass is 16.6. The molecule has 1 unspecified atom stereocenters. The minimum absolute atomic E-state index is 0.338. The summed E-state index contributed by atoms with van der Waals surface area (Å²) in [6.07, 6.45) is -0.702. The second kappa shape index (κ2) is 5.13. The van der Waals surface area contributed by atoms with Gasteiger partial charge >= 0.3 is 5.97 Å². The third-order valence-electron chi connectivity index (χ3n) is 3.51. The lowest BCUT2D eigenvalue weighted by Gasteiger charge is -2.18. The van der Waals surface area contributed by atoms with Crippen LogP contribution in [0.15, 0.2) is 36.4 Å². The predicted octanol–water partition coefficient (Wildman–Crippen LogP) is 2.59. The monoisotopic (exact) mass is 272 g/mol. The van der Waals surface area contributed by atoms with E-state index in [1.54, 1.807) is 6.92 Å². The molecule has 3 rings (SSSR count). The highest BCUT2D eigenvalue weighted by Crippen LogP contribution is 2.35. The molecule has 4 nitrogen and oxygen atoms in total. The first-order chi connectivity index (χ1) is 9.66. The summed E-state index contributed by atoms with van der Waals surface area (Å²) in [5, 5.41) is 11.8. The van der Waals surface area contributed by atoms with Gasteiger partial charge in [-0.15, -0.1) is 0 Å². The van der Waals surface area contributed by atoms with Gasteiger partial charge in [-0.3, -0.25) is 0 Å². The molecule has 1 aliphatic heterocycles. The van der Waals surface area contributed by atoms with Gasteiger partial charge in [0, 0.05) is 17.4 Å². The topological polar surface area (TPSA) is 55.8 Å². The highest BCUT2D eigenvalue weighted by molar-refractivity contribution is 5.90. The van der Waals surface area contributed by atoms with Crippen LogP contribution in [0.25, 0.3) is 10.8 Å². The number of ether oxygens (including phenoxy) is 2. The first-order valence-corrected chi connectivity index (χ1v) is 6.70. The minimum atomic E-state index is -0.660. The number of aliphatic hydroxyl groups excluding tert-OH is 1. The summed E-state index contributed by atoms with van der Waals surface area (Å²) in [6, 6.07) is 11.5. The SMILES string of the molecule is C[C@@H](O)c1ccc2ccccc2c1OC1CCOC1=O. The van der Waals surface area contributed by atoms with Crippen molar-refractivity contribution in [2.75, 3.05) is 6.61 Å². The Morgan fingerprint density at radius 3 is 2.80 bits per heavy atom. The molecule has 1 N–H and O–H groups in total. The number of hydrogen-bond donors (Lipinski definition) is 1. The van der Waals surface area contributed by atoms with Crippen LogP contribution in [0, 0.1) is 0 Å². The second-order valence-electron chi connectivity index (χ2n) is 4.94. The predicted molar refractivity (Wildman–Crippen MR) is 74.6 cm³/mol. The summed E-state index contributed by atoms with van der Waals surface area (Å²) in [4.78, 5) is 11.6. The largest absolute Gasteiger partial charge is 0.478 e. The van der Waals surface area contributed by atoms with Gasteiger partial charge in [0.2, 0.25) is 0 Å². The van der Waals surface area contributed by atoms with Gasteiger partial charge in [-0.1, -0.05) is 36.4 Å². The molecule has 0 spiro atoms. The Balaban J connectivity index is 2.09. The first kappa shape index (κ1) is 12.9. The van der Waals surface area contributed by atoms with Gasteiger partial charge in [-0.25, -0.2) is 4.79 Å². The van der Waals surface area contributed by atoms with Gasteiger partial charge < -0.3 is 14.6 Å². The molecule has 1 fully saturated rings. The van der Waals surface area contributed by atoms with Gasteiger partial charge in [0.15, 0.2) is 6.10 Å². The van der Waals surface area contributed by atoms with Crippen LogP contribution in [0.4, 0.5) is 0 Å². The number of esters is 1.